The predicted octanol–water partition coefficient (Wildman–Crippen LogP) is 3.71. The number of esters is 1. The molecule has 194 valence electrons. The molecular weight excluding hydrogens is 460 g/mol. The van der Waals surface area contributed by atoms with Crippen molar-refractivity contribution in [2.24, 2.45) is 0 Å². The van der Waals surface area contributed by atoms with Crippen LogP contribution in [0.5, 0.6) is 5.75 Å². The second-order valence-corrected chi connectivity index (χ2v) is 10.1. The Labute approximate surface area is 212 Å². The monoisotopic (exact) mass is 496 g/mol. The van der Waals surface area contributed by atoms with Gasteiger partial charge in [0.25, 0.3) is 5.91 Å². The quantitative estimate of drug-likeness (QED) is 0.559. The van der Waals surface area contributed by atoms with E-state index >= 15 is 0 Å². The van der Waals surface area contributed by atoms with Crippen LogP contribution in [-0.4, -0.2) is 56.8 Å². The predicted molar refractivity (Wildman–Crippen MR) is 134 cm³/mol. The summed E-state index contributed by atoms with van der Waals surface area (Å²) in [6, 6.07) is 9.09. The van der Waals surface area contributed by atoms with Crippen LogP contribution in [0.4, 0.5) is 0 Å². The molecule has 1 aliphatic carbocycles. The van der Waals surface area contributed by atoms with Gasteiger partial charge >= 0.3 is 5.97 Å². The van der Waals surface area contributed by atoms with Gasteiger partial charge in [0.2, 0.25) is 5.91 Å². The van der Waals surface area contributed by atoms with Crippen molar-refractivity contribution in [3.8, 4) is 5.75 Å². The molecular formula is C27H36N4O5. The number of carbonyl (C=O) groups excluding carboxylic acids is 3. The largest absolute Gasteiger partial charge is 0.491 e. The zero-order valence-corrected chi connectivity index (χ0v) is 21.6. The van der Waals surface area contributed by atoms with E-state index in [-0.39, 0.29) is 55.0 Å². The molecule has 36 heavy (non-hydrogen) atoms. The summed E-state index contributed by atoms with van der Waals surface area (Å²) < 4.78 is 12.3. The molecule has 1 atom stereocenters. The molecule has 1 aromatic heterocycles. The first-order valence-electron chi connectivity index (χ1n) is 12.8. The molecule has 1 fully saturated rings. The third-order valence-corrected chi connectivity index (χ3v) is 6.85. The van der Waals surface area contributed by atoms with Crippen molar-refractivity contribution in [1.82, 2.24) is 20.0 Å². The number of fused-ring (bicyclic) bond motifs is 1. The van der Waals surface area contributed by atoms with Gasteiger partial charge in [-0.1, -0.05) is 31.4 Å². The first-order chi connectivity index (χ1) is 17.2. The zero-order valence-electron chi connectivity index (χ0n) is 21.6. The van der Waals surface area contributed by atoms with E-state index in [1.54, 1.807) is 18.7 Å². The Balaban J connectivity index is 1.64. The molecule has 2 amide bonds. The van der Waals surface area contributed by atoms with Crippen molar-refractivity contribution < 1.29 is 23.9 Å². The molecule has 0 radical (unpaired) electrons. The van der Waals surface area contributed by atoms with Gasteiger partial charge in [-0.3, -0.25) is 14.3 Å². The average Bonchev–Trinajstić information content (AvgIpc) is 3.27. The van der Waals surface area contributed by atoms with Crippen LogP contribution >= 0.6 is 0 Å². The summed E-state index contributed by atoms with van der Waals surface area (Å²) in [7, 11) is 0. The molecule has 1 aliphatic heterocycles. The van der Waals surface area contributed by atoms with Crippen molar-refractivity contribution in [3.63, 3.8) is 0 Å². The summed E-state index contributed by atoms with van der Waals surface area (Å²) in [4.78, 5) is 41.3. The maximum atomic E-state index is 13.7. The molecule has 0 unspecified atom stereocenters. The molecule has 2 aliphatic rings. The number of amides is 2. The van der Waals surface area contributed by atoms with Crippen LogP contribution in [0.3, 0.4) is 0 Å². The molecule has 1 aromatic carbocycles. The SMILES string of the molecule is CCOC(=O)c1cc2n(n1)C[C@@](C)(C(=O)NC1CCCCC1)N(Cc1ccc(OC(C)C)cc1)C2=O. The number of aromatic nitrogens is 2. The van der Waals surface area contributed by atoms with Crippen LogP contribution in [-0.2, 0) is 22.6 Å². The van der Waals surface area contributed by atoms with Crippen molar-refractivity contribution >= 4 is 17.8 Å². The van der Waals surface area contributed by atoms with Crippen molar-refractivity contribution in [2.75, 3.05) is 6.61 Å². The molecule has 1 N–H and O–H groups in total. The fraction of sp³-hybridized carbons (Fsp3) is 0.556. The van der Waals surface area contributed by atoms with E-state index in [0.29, 0.717) is 0 Å². The van der Waals surface area contributed by atoms with E-state index < -0.39 is 11.5 Å². The molecule has 0 spiro atoms. The topological polar surface area (TPSA) is 103 Å². The average molecular weight is 497 g/mol. The summed E-state index contributed by atoms with van der Waals surface area (Å²) in [6.45, 7) is 7.99. The van der Waals surface area contributed by atoms with Crippen LogP contribution in [0.15, 0.2) is 30.3 Å². The minimum absolute atomic E-state index is 0.0557. The van der Waals surface area contributed by atoms with Crippen LogP contribution in [0.25, 0.3) is 0 Å². The highest BCUT2D eigenvalue weighted by molar-refractivity contribution is 6.01. The van der Waals surface area contributed by atoms with Gasteiger partial charge in [0.1, 0.15) is 17.0 Å². The highest BCUT2D eigenvalue weighted by atomic mass is 16.5. The van der Waals surface area contributed by atoms with Crippen molar-refractivity contribution in [1.29, 1.82) is 0 Å². The minimum atomic E-state index is -1.19. The summed E-state index contributed by atoms with van der Waals surface area (Å²) >= 11 is 0. The summed E-state index contributed by atoms with van der Waals surface area (Å²) in [5.74, 6) is -0.407. The smallest absolute Gasteiger partial charge is 0.358 e. The lowest BCUT2D eigenvalue weighted by Gasteiger charge is -2.44. The van der Waals surface area contributed by atoms with E-state index in [1.165, 1.54) is 17.2 Å². The first kappa shape index (κ1) is 25.7. The second kappa shape index (κ2) is 10.7. The van der Waals surface area contributed by atoms with E-state index in [0.717, 1.165) is 37.0 Å². The number of nitrogens with one attached hydrogen (secondary N) is 1. The molecule has 0 bridgehead atoms. The van der Waals surface area contributed by atoms with Gasteiger partial charge in [-0.2, -0.15) is 5.10 Å². The minimum Gasteiger partial charge on any atom is -0.491 e. The Morgan fingerprint density at radius 3 is 2.50 bits per heavy atom. The number of hydrogen-bond donors (Lipinski definition) is 1. The number of benzene rings is 1. The Morgan fingerprint density at radius 1 is 1.17 bits per heavy atom. The number of hydrogen-bond acceptors (Lipinski definition) is 6. The van der Waals surface area contributed by atoms with Crippen LogP contribution in [0.2, 0.25) is 0 Å². The third kappa shape index (κ3) is 5.39. The van der Waals surface area contributed by atoms with E-state index in [2.05, 4.69) is 10.4 Å². The van der Waals surface area contributed by atoms with Crippen molar-refractivity contribution in [2.45, 2.75) is 90.6 Å². The van der Waals surface area contributed by atoms with Crippen LogP contribution in [0.1, 0.15) is 86.3 Å². The molecule has 1 saturated carbocycles. The Kier molecular flexibility index (Phi) is 7.66. The molecule has 2 aromatic rings. The second-order valence-electron chi connectivity index (χ2n) is 10.1. The van der Waals surface area contributed by atoms with Crippen molar-refractivity contribution in [3.05, 3.63) is 47.3 Å². The van der Waals surface area contributed by atoms with Gasteiger partial charge in [-0.15, -0.1) is 0 Å². The van der Waals surface area contributed by atoms with Crippen LogP contribution < -0.4 is 10.1 Å². The third-order valence-electron chi connectivity index (χ3n) is 6.85. The Hall–Kier alpha value is -3.36. The Bertz CT molecular complexity index is 1100. The summed E-state index contributed by atoms with van der Waals surface area (Å²) in [5, 5.41) is 7.51. The fourth-order valence-corrected chi connectivity index (χ4v) is 4.91. The number of rotatable bonds is 8. The van der Waals surface area contributed by atoms with Crippen LogP contribution in [0, 0.1) is 0 Å². The number of ether oxygens (including phenoxy) is 2. The normalized spacial score (nSPS) is 20.2. The highest BCUT2D eigenvalue weighted by Gasteiger charge is 2.48. The van der Waals surface area contributed by atoms with E-state index in [9.17, 15) is 14.4 Å². The maximum absolute atomic E-state index is 13.7. The zero-order chi connectivity index (χ0) is 25.9. The first-order valence-corrected chi connectivity index (χ1v) is 12.8. The lowest BCUT2D eigenvalue weighted by atomic mass is 9.91. The number of nitrogens with zero attached hydrogens (tertiary/aromatic N) is 3. The van der Waals surface area contributed by atoms with Gasteiger partial charge in [0, 0.05) is 18.7 Å². The standard InChI is InChI=1S/C27H36N4O5/c1-5-35-25(33)22-15-23-24(32)30(16-19-11-13-21(14-12-19)36-18(2)3)27(4,17-31(23)29-22)26(34)28-20-9-7-6-8-10-20/h11-15,18,20H,5-10,16-17H2,1-4H3,(H,28,34)/t27-/m0/s1. The maximum Gasteiger partial charge on any atom is 0.358 e. The molecule has 2 heterocycles. The lowest BCUT2D eigenvalue weighted by molar-refractivity contribution is -0.134. The van der Waals surface area contributed by atoms with Gasteiger partial charge in [-0.05, 0) is 58.2 Å². The van der Waals surface area contributed by atoms with Gasteiger partial charge in [-0.25, -0.2) is 4.79 Å². The van der Waals surface area contributed by atoms with Gasteiger partial charge in [0.15, 0.2) is 5.69 Å². The highest BCUT2D eigenvalue weighted by Crippen LogP contribution is 2.31. The molecule has 9 heteroatoms. The van der Waals surface area contributed by atoms with Gasteiger partial charge in [0.05, 0.1) is 19.3 Å². The number of carbonyl (C=O) groups is 3. The fourth-order valence-electron chi connectivity index (χ4n) is 4.91. The van der Waals surface area contributed by atoms with E-state index in [1.807, 2.05) is 38.1 Å². The molecule has 0 saturated heterocycles. The Morgan fingerprint density at radius 2 is 1.86 bits per heavy atom. The summed E-state index contributed by atoms with van der Waals surface area (Å²) in [5.41, 5.74) is 0.00909. The molecule has 4 rings (SSSR count). The summed E-state index contributed by atoms with van der Waals surface area (Å²) in [6.07, 6.45) is 5.28. The molecule has 9 nitrogen and oxygen atoms in total. The van der Waals surface area contributed by atoms with Gasteiger partial charge < -0.3 is 19.7 Å². The lowest BCUT2D eigenvalue weighted by Crippen LogP contribution is -2.64. The van der Waals surface area contributed by atoms with E-state index in [4.69, 9.17) is 9.47 Å².